The topological polar surface area (TPSA) is 24.9 Å². The van der Waals surface area contributed by atoms with Crippen LogP contribution >= 0.6 is 34.5 Å². The van der Waals surface area contributed by atoms with Crippen LogP contribution in [-0.4, -0.2) is 11.5 Å². The molecule has 3 rings (SSSR count). The monoisotopic (exact) mass is 366 g/mol. The molecule has 0 saturated carbocycles. The summed E-state index contributed by atoms with van der Waals surface area (Å²) in [7, 11) is 0. The molecule has 2 aromatic rings. The smallest absolute Gasteiger partial charge is 0.107 e. The quantitative estimate of drug-likeness (QED) is 0.493. The van der Waals surface area contributed by atoms with E-state index < -0.39 is 0 Å². The van der Waals surface area contributed by atoms with Crippen molar-refractivity contribution < 1.29 is 0 Å². The van der Waals surface area contributed by atoms with Crippen molar-refractivity contribution in [3.8, 4) is 10.4 Å². The molecule has 1 aliphatic rings. The van der Waals surface area contributed by atoms with Gasteiger partial charge >= 0.3 is 0 Å². The largest absolute Gasteiger partial charge is 0.310 e. The predicted molar refractivity (Wildman–Crippen MR) is 100 cm³/mol. The second-order valence-corrected chi connectivity index (χ2v) is 7.68. The minimum Gasteiger partial charge on any atom is -0.310 e. The van der Waals surface area contributed by atoms with Crippen LogP contribution in [-0.2, 0) is 6.54 Å². The van der Waals surface area contributed by atoms with E-state index in [0.29, 0.717) is 10.0 Å². The number of aromatic nitrogens is 1. The third-order valence-electron chi connectivity index (χ3n) is 4.05. The molecular weight excluding hydrogens is 347 g/mol. The number of nitrogens with zero attached hydrogens (tertiary/aromatic N) is 1. The normalized spacial score (nSPS) is 14.8. The maximum absolute atomic E-state index is 6.26. The first-order valence-corrected chi connectivity index (χ1v) is 9.59. The molecule has 0 saturated heterocycles. The molecule has 0 atom stereocenters. The summed E-state index contributed by atoms with van der Waals surface area (Å²) in [6.45, 7) is 1.80. The SMILES string of the molecule is Clc1cccc(Cl)c1-c1cnc(CNCCC2=CCCCC2)s1. The highest BCUT2D eigenvalue weighted by Gasteiger charge is 2.11. The Morgan fingerprint density at radius 2 is 2.00 bits per heavy atom. The zero-order valence-corrected chi connectivity index (χ0v) is 15.3. The fraction of sp³-hybridized carbons (Fsp3) is 0.389. The maximum atomic E-state index is 6.26. The van der Waals surface area contributed by atoms with E-state index in [9.17, 15) is 0 Å². The lowest BCUT2D eigenvalue weighted by molar-refractivity contribution is 0.631. The summed E-state index contributed by atoms with van der Waals surface area (Å²) in [6.07, 6.45) is 10.6. The van der Waals surface area contributed by atoms with Crippen molar-refractivity contribution in [2.75, 3.05) is 6.54 Å². The average molecular weight is 367 g/mol. The molecule has 0 aliphatic heterocycles. The van der Waals surface area contributed by atoms with E-state index in [1.165, 1.54) is 25.7 Å². The summed E-state index contributed by atoms with van der Waals surface area (Å²) in [5, 5.41) is 5.89. The molecule has 0 spiro atoms. The summed E-state index contributed by atoms with van der Waals surface area (Å²) < 4.78 is 0. The van der Waals surface area contributed by atoms with Gasteiger partial charge in [0.15, 0.2) is 0 Å². The van der Waals surface area contributed by atoms with E-state index in [0.717, 1.165) is 35.0 Å². The van der Waals surface area contributed by atoms with Gasteiger partial charge in [0.05, 0.1) is 14.9 Å². The van der Waals surface area contributed by atoms with Crippen LogP contribution in [0.4, 0.5) is 0 Å². The van der Waals surface area contributed by atoms with Crippen molar-refractivity contribution in [2.24, 2.45) is 0 Å². The van der Waals surface area contributed by atoms with Gasteiger partial charge in [-0.25, -0.2) is 4.98 Å². The molecule has 1 aromatic heterocycles. The van der Waals surface area contributed by atoms with E-state index in [4.69, 9.17) is 23.2 Å². The Morgan fingerprint density at radius 1 is 1.17 bits per heavy atom. The van der Waals surface area contributed by atoms with Crippen molar-refractivity contribution in [1.29, 1.82) is 0 Å². The average Bonchev–Trinajstić information content (AvgIpc) is 3.01. The second-order valence-electron chi connectivity index (χ2n) is 5.75. The van der Waals surface area contributed by atoms with Gasteiger partial charge in [-0.3, -0.25) is 0 Å². The zero-order chi connectivity index (χ0) is 16.1. The zero-order valence-electron chi connectivity index (χ0n) is 12.9. The van der Waals surface area contributed by atoms with E-state index in [1.54, 1.807) is 16.9 Å². The molecule has 1 N–H and O–H groups in total. The predicted octanol–water partition coefficient (Wildman–Crippen LogP) is 6.10. The van der Waals surface area contributed by atoms with Gasteiger partial charge in [0.25, 0.3) is 0 Å². The van der Waals surface area contributed by atoms with Crippen molar-refractivity contribution in [2.45, 2.75) is 38.6 Å². The number of rotatable bonds is 6. The van der Waals surface area contributed by atoms with Crippen LogP contribution in [0.1, 0.15) is 37.1 Å². The molecule has 1 aliphatic carbocycles. The molecule has 0 fully saturated rings. The van der Waals surface area contributed by atoms with Gasteiger partial charge in [-0.05, 0) is 50.8 Å². The van der Waals surface area contributed by atoms with Crippen molar-refractivity contribution in [1.82, 2.24) is 10.3 Å². The van der Waals surface area contributed by atoms with Gasteiger partial charge in [0.1, 0.15) is 5.01 Å². The summed E-state index contributed by atoms with van der Waals surface area (Å²) in [5.41, 5.74) is 2.48. The van der Waals surface area contributed by atoms with Crippen LogP contribution in [0.3, 0.4) is 0 Å². The van der Waals surface area contributed by atoms with Crippen molar-refractivity contribution in [3.05, 3.63) is 51.1 Å². The minimum absolute atomic E-state index is 0.671. The first-order valence-electron chi connectivity index (χ1n) is 8.02. The molecular formula is C18H20Cl2N2S. The van der Waals surface area contributed by atoms with E-state index in [1.807, 2.05) is 24.4 Å². The second kappa shape index (κ2) is 8.29. The van der Waals surface area contributed by atoms with Gasteiger partial charge in [0, 0.05) is 18.3 Å². The molecule has 5 heteroatoms. The fourth-order valence-electron chi connectivity index (χ4n) is 2.82. The number of hydrogen-bond acceptors (Lipinski definition) is 3. The number of thiazole rings is 1. The highest BCUT2D eigenvalue weighted by Crippen LogP contribution is 2.37. The van der Waals surface area contributed by atoms with E-state index in [-0.39, 0.29) is 0 Å². The lowest BCUT2D eigenvalue weighted by atomic mass is 9.97. The number of halogens is 2. The Labute approximate surface area is 151 Å². The Hall–Kier alpha value is -0.870. The minimum atomic E-state index is 0.671. The standard InChI is InChI=1S/C18H20Cl2N2S/c19-14-7-4-8-15(20)18(14)16-11-22-17(23-16)12-21-10-9-13-5-2-1-3-6-13/h4-5,7-8,11,21H,1-3,6,9-10,12H2. The van der Waals surface area contributed by atoms with Gasteiger partial charge in [-0.1, -0.05) is 40.9 Å². The van der Waals surface area contributed by atoms with Crippen LogP contribution in [0.5, 0.6) is 0 Å². The van der Waals surface area contributed by atoms with Crippen molar-refractivity contribution in [3.63, 3.8) is 0 Å². The number of allylic oxidation sites excluding steroid dienone is 1. The number of benzene rings is 1. The summed E-state index contributed by atoms with van der Waals surface area (Å²) in [4.78, 5) is 5.50. The van der Waals surface area contributed by atoms with Crippen LogP contribution in [0.2, 0.25) is 10.0 Å². The Balaban J connectivity index is 1.54. The Kier molecular flexibility index (Phi) is 6.12. The van der Waals surface area contributed by atoms with Gasteiger partial charge in [0.2, 0.25) is 0 Å². The summed E-state index contributed by atoms with van der Waals surface area (Å²) in [5.74, 6) is 0. The summed E-state index contributed by atoms with van der Waals surface area (Å²) in [6, 6.07) is 5.58. The van der Waals surface area contributed by atoms with Crippen LogP contribution in [0.15, 0.2) is 36.0 Å². The van der Waals surface area contributed by atoms with E-state index >= 15 is 0 Å². The third-order valence-corrected chi connectivity index (χ3v) is 5.69. The molecule has 0 amide bonds. The fourth-order valence-corrected chi connectivity index (χ4v) is 4.49. The van der Waals surface area contributed by atoms with Gasteiger partial charge in [-0.15, -0.1) is 11.3 Å². The Bertz CT molecular complexity index is 674. The molecule has 0 radical (unpaired) electrons. The Morgan fingerprint density at radius 3 is 2.74 bits per heavy atom. The van der Waals surface area contributed by atoms with E-state index in [2.05, 4.69) is 16.4 Å². The lowest BCUT2D eigenvalue weighted by Gasteiger charge is -2.12. The molecule has 0 unspecified atom stereocenters. The number of hydrogen-bond donors (Lipinski definition) is 1. The third kappa shape index (κ3) is 4.57. The van der Waals surface area contributed by atoms with Gasteiger partial charge < -0.3 is 5.32 Å². The first-order chi connectivity index (χ1) is 11.2. The van der Waals surface area contributed by atoms with Crippen LogP contribution in [0, 0.1) is 0 Å². The molecule has 122 valence electrons. The lowest BCUT2D eigenvalue weighted by Crippen LogP contribution is -2.15. The molecule has 23 heavy (non-hydrogen) atoms. The highest BCUT2D eigenvalue weighted by molar-refractivity contribution is 7.15. The first kappa shape index (κ1) is 17.0. The summed E-state index contributed by atoms with van der Waals surface area (Å²) >= 11 is 14.2. The highest BCUT2D eigenvalue weighted by atomic mass is 35.5. The van der Waals surface area contributed by atoms with Crippen molar-refractivity contribution >= 4 is 34.5 Å². The van der Waals surface area contributed by atoms with Gasteiger partial charge in [-0.2, -0.15) is 0 Å². The molecule has 2 nitrogen and oxygen atoms in total. The van der Waals surface area contributed by atoms with Crippen LogP contribution < -0.4 is 5.32 Å². The molecule has 0 bridgehead atoms. The molecule has 1 heterocycles. The van der Waals surface area contributed by atoms with Crippen LogP contribution in [0.25, 0.3) is 10.4 Å². The number of nitrogens with one attached hydrogen (secondary N) is 1. The molecule has 1 aromatic carbocycles. The maximum Gasteiger partial charge on any atom is 0.107 e.